The first kappa shape index (κ1) is 21.9. The van der Waals surface area contributed by atoms with Gasteiger partial charge in [0, 0.05) is 50.5 Å². The van der Waals surface area contributed by atoms with Gasteiger partial charge in [-0.15, -0.1) is 0 Å². The summed E-state index contributed by atoms with van der Waals surface area (Å²) in [5.74, 6) is 0.435. The molecule has 0 unspecified atom stereocenters. The van der Waals surface area contributed by atoms with Crippen molar-refractivity contribution >= 4 is 5.82 Å². The minimum absolute atomic E-state index is 0.194. The van der Waals surface area contributed by atoms with Gasteiger partial charge in [0.1, 0.15) is 23.8 Å². The molecule has 0 aliphatic carbocycles. The molecule has 2 aliphatic rings. The Balaban J connectivity index is 1.33. The predicted molar refractivity (Wildman–Crippen MR) is 126 cm³/mol. The van der Waals surface area contributed by atoms with Gasteiger partial charge in [-0.05, 0) is 61.3 Å². The number of hydrogen-bond donors (Lipinski definition) is 0. The monoisotopic (exact) mass is 449 g/mol. The van der Waals surface area contributed by atoms with E-state index < -0.39 is 0 Å². The predicted octanol–water partition coefficient (Wildman–Crippen LogP) is 4.38. The topological polar surface area (TPSA) is 35.5 Å². The smallest absolute Gasteiger partial charge is 0.139 e. The summed E-state index contributed by atoms with van der Waals surface area (Å²) in [5, 5.41) is 0. The molecule has 0 radical (unpaired) electrons. The second kappa shape index (κ2) is 9.93. The molecular weight excluding hydrogens is 420 g/mol. The van der Waals surface area contributed by atoms with Gasteiger partial charge in [0.25, 0.3) is 0 Å². The molecule has 3 heterocycles. The van der Waals surface area contributed by atoms with Crippen LogP contribution < -0.4 is 4.90 Å². The fraction of sp³-hybridized carbons (Fsp3) is 0.385. The number of aromatic nitrogens is 2. The van der Waals surface area contributed by atoms with Crippen LogP contribution in [0.4, 0.5) is 14.6 Å². The molecule has 0 saturated carbocycles. The molecule has 1 atom stereocenters. The highest BCUT2D eigenvalue weighted by Gasteiger charge is 2.29. The lowest BCUT2D eigenvalue weighted by Crippen LogP contribution is -2.50. The van der Waals surface area contributed by atoms with E-state index in [0.717, 1.165) is 62.8 Å². The zero-order chi connectivity index (χ0) is 22.6. The molecule has 0 N–H and O–H groups in total. The summed E-state index contributed by atoms with van der Waals surface area (Å²) in [6.45, 7) is 6.70. The van der Waals surface area contributed by atoms with E-state index >= 15 is 0 Å². The lowest BCUT2D eigenvalue weighted by Gasteiger charge is -2.41. The van der Waals surface area contributed by atoms with Crippen LogP contribution in [0.2, 0.25) is 0 Å². The largest absolute Gasteiger partial charge is 0.353 e. The Hall–Kier alpha value is -2.90. The minimum Gasteiger partial charge on any atom is -0.353 e. The van der Waals surface area contributed by atoms with Crippen LogP contribution >= 0.6 is 0 Å². The van der Waals surface area contributed by atoms with Crippen LogP contribution in [0.15, 0.2) is 61.1 Å². The fourth-order valence-corrected chi connectivity index (χ4v) is 4.98. The van der Waals surface area contributed by atoms with Crippen molar-refractivity contribution in [3.05, 3.63) is 78.3 Å². The van der Waals surface area contributed by atoms with Crippen LogP contribution in [0.5, 0.6) is 0 Å². The Labute approximate surface area is 193 Å². The molecule has 5 nitrogen and oxygen atoms in total. The van der Waals surface area contributed by atoms with Crippen LogP contribution in [0, 0.1) is 11.6 Å². The molecule has 2 aliphatic heterocycles. The summed E-state index contributed by atoms with van der Waals surface area (Å²) in [5.41, 5.74) is 3.00. The van der Waals surface area contributed by atoms with Crippen molar-refractivity contribution in [3.8, 4) is 11.1 Å². The van der Waals surface area contributed by atoms with Gasteiger partial charge in [-0.3, -0.25) is 4.90 Å². The Morgan fingerprint density at radius 3 is 2.09 bits per heavy atom. The van der Waals surface area contributed by atoms with Gasteiger partial charge < -0.3 is 9.80 Å². The maximum absolute atomic E-state index is 13.6. The van der Waals surface area contributed by atoms with E-state index in [1.165, 1.54) is 30.5 Å². The molecule has 2 fully saturated rings. The number of likely N-dealkylation sites (tertiary alicyclic amines) is 1. The summed E-state index contributed by atoms with van der Waals surface area (Å²) >= 11 is 0. The van der Waals surface area contributed by atoms with Crippen LogP contribution in [-0.2, 0) is 0 Å². The third-order valence-corrected chi connectivity index (χ3v) is 6.79. The molecule has 0 amide bonds. The number of nitrogens with zero attached hydrogens (tertiary/aromatic N) is 5. The van der Waals surface area contributed by atoms with Gasteiger partial charge in [0.15, 0.2) is 0 Å². The molecule has 33 heavy (non-hydrogen) atoms. The normalized spacial score (nSPS) is 18.5. The number of hydrogen-bond acceptors (Lipinski definition) is 5. The first-order valence-electron chi connectivity index (χ1n) is 11.7. The first-order valence-corrected chi connectivity index (χ1v) is 11.7. The van der Waals surface area contributed by atoms with Crippen LogP contribution in [0.1, 0.15) is 24.4 Å². The van der Waals surface area contributed by atoms with Gasteiger partial charge in [0.2, 0.25) is 0 Å². The maximum atomic E-state index is 13.6. The maximum Gasteiger partial charge on any atom is 0.139 e. The van der Waals surface area contributed by atoms with Crippen molar-refractivity contribution in [1.29, 1.82) is 0 Å². The molecule has 1 aromatic heterocycles. The molecule has 2 saturated heterocycles. The summed E-state index contributed by atoms with van der Waals surface area (Å²) in [7, 11) is 0. The summed E-state index contributed by atoms with van der Waals surface area (Å²) in [4.78, 5) is 16.1. The minimum atomic E-state index is -0.254. The number of benzene rings is 2. The van der Waals surface area contributed by atoms with Crippen LogP contribution in [0.3, 0.4) is 0 Å². The van der Waals surface area contributed by atoms with Gasteiger partial charge in [-0.25, -0.2) is 18.7 Å². The van der Waals surface area contributed by atoms with Gasteiger partial charge in [-0.2, -0.15) is 0 Å². The van der Waals surface area contributed by atoms with Crippen molar-refractivity contribution in [2.24, 2.45) is 0 Å². The lowest BCUT2D eigenvalue weighted by molar-refractivity contribution is 0.143. The molecule has 2 aromatic carbocycles. The van der Waals surface area contributed by atoms with E-state index in [4.69, 9.17) is 0 Å². The average molecular weight is 450 g/mol. The summed E-state index contributed by atoms with van der Waals surface area (Å²) in [6.07, 6.45) is 5.88. The third-order valence-electron chi connectivity index (χ3n) is 6.79. The van der Waals surface area contributed by atoms with Crippen molar-refractivity contribution in [2.75, 3.05) is 50.7 Å². The molecular formula is C26H29F2N5. The fourth-order valence-electron chi connectivity index (χ4n) is 4.98. The Morgan fingerprint density at radius 2 is 1.42 bits per heavy atom. The number of rotatable bonds is 6. The Kier molecular flexibility index (Phi) is 6.60. The highest BCUT2D eigenvalue weighted by molar-refractivity contribution is 5.75. The second-order valence-corrected chi connectivity index (χ2v) is 8.86. The number of anilines is 1. The van der Waals surface area contributed by atoms with Crippen LogP contribution in [-0.4, -0.2) is 65.6 Å². The first-order chi connectivity index (χ1) is 16.2. The Morgan fingerprint density at radius 1 is 0.788 bits per heavy atom. The van der Waals surface area contributed by atoms with E-state index in [0.29, 0.717) is 0 Å². The standard InChI is InChI=1S/C26H29F2N5/c27-22-7-3-20(4-8-22)24-17-29-19-30-26(24)33-15-13-32(14-16-33)25(18-31-11-1-2-12-31)21-5-9-23(28)10-6-21/h3-10,17,19,25H,1-2,11-16,18H2/t25-/m1/s1. The van der Waals surface area contributed by atoms with Crippen molar-refractivity contribution in [2.45, 2.75) is 18.9 Å². The molecule has 5 rings (SSSR count). The number of halogens is 2. The molecule has 3 aromatic rings. The van der Waals surface area contributed by atoms with Gasteiger partial charge >= 0.3 is 0 Å². The highest BCUT2D eigenvalue weighted by Crippen LogP contribution is 2.31. The van der Waals surface area contributed by atoms with E-state index in [9.17, 15) is 8.78 Å². The summed E-state index contributed by atoms with van der Waals surface area (Å²) < 4.78 is 27.0. The van der Waals surface area contributed by atoms with Crippen molar-refractivity contribution < 1.29 is 8.78 Å². The van der Waals surface area contributed by atoms with Crippen molar-refractivity contribution in [3.63, 3.8) is 0 Å². The van der Waals surface area contributed by atoms with E-state index in [1.54, 1.807) is 36.8 Å². The van der Waals surface area contributed by atoms with E-state index in [2.05, 4.69) is 24.7 Å². The quantitative estimate of drug-likeness (QED) is 0.558. The third kappa shape index (κ3) is 5.04. The molecule has 0 spiro atoms. The van der Waals surface area contributed by atoms with Crippen molar-refractivity contribution in [1.82, 2.24) is 19.8 Å². The lowest BCUT2D eigenvalue weighted by atomic mass is 10.0. The van der Waals surface area contributed by atoms with E-state index in [1.807, 2.05) is 12.1 Å². The SMILES string of the molecule is Fc1ccc(-c2cncnc2N2CCN([C@H](CN3CCCC3)c3ccc(F)cc3)CC2)cc1. The Bertz CT molecular complexity index is 1040. The van der Waals surface area contributed by atoms with Crippen LogP contribution in [0.25, 0.3) is 11.1 Å². The molecule has 172 valence electrons. The average Bonchev–Trinajstić information content (AvgIpc) is 3.37. The van der Waals surface area contributed by atoms with Gasteiger partial charge in [0.05, 0.1) is 0 Å². The highest BCUT2D eigenvalue weighted by atomic mass is 19.1. The molecule has 0 bridgehead atoms. The number of piperazine rings is 1. The summed E-state index contributed by atoms with van der Waals surface area (Å²) in [6, 6.07) is 13.7. The zero-order valence-corrected chi connectivity index (χ0v) is 18.7. The van der Waals surface area contributed by atoms with Gasteiger partial charge in [-0.1, -0.05) is 24.3 Å². The molecule has 7 heteroatoms. The zero-order valence-electron chi connectivity index (χ0n) is 18.7. The van der Waals surface area contributed by atoms with E-state index in [-0.39, 0.29) is 17.7 Å². The second-order valence-electron chi connectivity index (χ2n) is 8.86.